The third-order valence-corrected chi connectivity index (χ3v) is 5.19. The molecule has 31 heavy (non-hydrogen) atoms. The number of morpholine rings is 1. The van der Waals surface area contributed by atoms with Crippen LogP contribution in [0.2, 0.25) is 0 Å². The molecule has 0 bridgehead atoms. The van der Waals surface area contributed by atoms with Gasteiger partial charge in [-0.15, -0.1) is 0 Å². The molecule has 162 valence electrons. The van der Waals surface area contributed by atoms with Gasteiger partial charge in [0.1, 0.15) is 6.33 Å². The van der Waals surface area contributed by atoms with Crippen LogP contribution in [-0.4, -0.2) is 57.8 Å². The van der Waals surface area contributed by atoms with Crippen molar-refractivity contribution in [2.75, 3.05) is 19.6 Å². The van der Waals surface area contributed by atoms with Gasteiger partial charge in [-0.3, -0.25) is 9.69 Å². The Bertz CT molecular complexity index is 1020. The second-order valence-electron chi connectivity index (χ2n) is 8.04. The molecule has 2 aromatic heterocycles. The smallest absolute Gasteiger partial charge is 0.234 e. The van der Waals surface area contributed by atoms with Crippen LogP contribution < -0.4 is 5.32 Å². The standard InChI is InChI=1S/C23H27N5O3/c1-15-8-21(31-27-15)20-10-24-14-26-23(20)19-6-4-18(5-7-19)9-25-22(29)13-28-11-16(2)30-17(3)12-28/h4-8,10,14,16-17H,9,11-13H2,1-3H3,(H,25,29)/t16-,17-/m1/s1. The summed E-state index contributed by atoms with van der Waals surface area (Å²) < 4.78 is 11.1. The fraction of sp³-hybridized carbons (Fsp3) is 0.391. The lowest BCUT2D eigenvalue weighted by molar-refractivity contribution is -0.126. The number of rotatable bonds is 6. The van der Waals surface area contributed by atoms with Gasteiger partial charge in [0.2, 0.25) is 5.91 Å². The number of ether oxygens (including phenoxy) is 1. The summed E-state index contributed by atoms with van der Waals surface area (Å²) in [6, 6.07) is 9.82. The molecule has 1 aliphatic heterocycles. The Kier molecular flexibility index (Phi) is 6.39. The molecular weight excluding hydrogens is 394 g/mol. The molecule has 2 atom stereocenters. The number of hydrogen-bond acceptors (Lipinski definition) is 7. The molecule has 3 heterocycles. The summed E-state index contributed by atoms with van der Waals surface area (Å²) in [5.74, 6) is 0.653. The Balaban J connectivity index is 1.38. The van der Waals surface area contributed by atoms with E-state index in [1.807, 2.05) is 51.1 Å². The quantitative estimate of drug-likeness (QED) is 0.654. The van der Waals surface area contributed by atoms with Crippen LogP contribution in [0, 0.1) is 6.92 Å². The van der Waals surface area contributed by atoms with E-state index in [0.717, 1.165) is 41.2 Å². The van der Waals surface area contributed by atoms with Gasteiger partial charge in [-0.1, -0.05) is 29.4 Å². The average Bonchev–Trinajstić information content (AvgIpc) is 3.18. The summed E-state index contributed by atoms with van der Waals surface area (Å²) >= 11 is 0. The lowest BCUT2D eigenvalue weighted by atomic mass is 10.0. The fourth-order valence-corrected chi connectivity index (χ4v) is 3.88. The number of nitrogens with one attached hydrogen (secondary N) is 1. The van der Waals surface area contributed by atoms with Crippen molar-refractivity contribution in [2.45, 2.75) is 39.5 Å². The van der Waals surface area contributed by atoms with E-state index in [2.05, 4.69) is 25.3 Å². The SMILES string of the molecule is Cc1cc(-c2cncnc2-c2ccc(CNC(=O)CN3C[C@@H](C)O[C@H](C)C3)cc2)on1. The Morgan fingerprint density at radius 1 is 1.19 bits per heavy atom. The molecule has 0 radical (unpaired) electrons. The maximum absolute atomic E-state index is 12.4. The van der Waals surface area contributed by atoms with Crippen molar-refractivity contribution in [3.05, 3.63) is 54.1 Å². The van der Waals surface area contributed by atoms with Gasteiger partial charge in [0.25, 0.3) is 0 Å². The number of aromatic nitrogens is 3. The third-order valence-electron chi connectivity index (χ3n) is 5.19. The maximum Gasteiger partial charge on any atom is 0.234 e. The summed E-state index contributed by atoms with van der Waals surface area (Å²) in [6.45, 7) is 8.36. The number of nitrogens with zero attached hydrogens (tertiary/aromatic N) is 4. The van der Waals surface area contributed by atoms with Gasteiger partial charge in [0.05, 0.1) is 35.7 Å². The molecular formula is C23H27N5O3. The topological polar surface area (TPSA) is 93.4 Å². The summed E-state index contributed by atoms with van der Waals surface area (Å²) in [5.41, 5.74) is 4.33. The molecule has 1 saturated heterocycles. The highest BCUT2D eigenvalue weighted by Gasteiger charge is 2.23. The van der Waals surface area contributed by atoms with Crippen molar-refractivity contribution >= 4 is 5.91 Å². The van der Waals surface area contributed by atoms with Crippen LogP contribution in [0.25, 0.3) is 22.6 Å². The Morgan fingerprint density at radius 2 is 1.94 bits per heavy atom. The first-order valence-electron chi connectivity index (χ1n) is 10.5. The first-order chi connectivity index (χ1) is 15.0. The minimum Gasteiger partial charge on any atom is -0.373 e. The fourth-order valence-electron chi connectivity index (χ4n) is 3.88. The molecule has 8 nitrogen and oxygen atoms in total. The zero-order chi connectivity index (χ0) is 21.8. The Labute approximate surface area is 181 Å². The van der Waals surface area contributed by atoms with Crippen LogP contribution in [0.5, 0.6) is 0 Å². The first-order valence-corrected chi connectivity index (χ1v) is 10.5. The maximum atomic E-state index is 12.4. The predicted molar refractivity (Wildman–Crippen MR) is 116 cm³/mol. The third kappa shape index (κ3) is 5.34. The number of aryl methyl sites for hydroxylation is 1. The van der Waals surface area contributed by atoms with Crippen molar-refractivity contribution in [3.8, 4) is 22.6 Å². The van der Waals surface area contributed by atoms with E-state index >= 15 is 0 Å². The molecule has 8 heteroatoms. The van der Waals surface area contributed by atoms with E-state index in [4.69, 9.17) is 9.26 Å². The van der Waals surface area contributed by atoms with E-state index in [1.54, 1.807) is 6.20 Å². The zero-order valence-corrected chi connectivity index (χ0v) is 18.0. The monoisotopic (exact) mass is 421 g/mol. The molecule has 1 fully saturated rings. The van der Waals surface area contributed by atoms with Crippen LogP contribution in [0.4, 0.5) is 0 Å². The second-order valence-corrected chi connectivity index (χ2v) is 8.04. The number of benzene rings is 1. The van der Waals surface area contributed by atoms with Crippen LogP contribution in [0.3, 0.4) is 0 Å². The molecule has 1 aromatic carbocycles. The highest BCUT2D eigenvalue weighted by atomic mass is 16.5. The van der Waals surface area contributed by atoms with Crippen molar-refractivity contribution in [3.63, 3.8) is 0 Å². The first kappa shape index (κ1) is 21.1. The van der Waals surface area contributed by atoms with Crippen molar-refractivity contribution in [2.24, 2.45) is 0 Å². The molecule has 1 N–H and O–H groups in total. The van der Waals surface area contributed by atoms with Crippen LogP contribution in [-0.2, 0) is 16.1 Å². The van der Waals surface area contributed by atoms with Crippen LogP contribution in [0.15, 0.2) is 47.4 Å². The van der Waals surface area contributed by atoms with Gasteiger partial charge in [-0.25, -0.2) is 9.97 Å². The molecule has 0 saturated carbocycles. The second kappa shape index (κ2) is 9.36. The van der Waals surface area contributed by atoms with Gasteiger partial charge in [0, 0.05) is 37.5 Å². The van der Waals surface area contributed by atoms with E-state index in [9.17, 15) is 4.79 Å². The van der Waals surface area contributed by atoms with E-state index in [-0.39, 0.29) is 18.1 Å². The lowest BCUT2D eigenvalue weighted by Gasteiger charge is -2.34. The van der Waals surface area contributed by atoms with E-state index < -0.39 is 0 Å². The predicted octanol–water partition coefficient (Wildman–Crippen LogP) is 2.83. The van der Waals surface area contributed by atoms with Crippen molar-refractivity contribution in [1.82, 2.24) is 25.3 Å². The molecule has 3 aromatic rings. The average molecular weight is 422 g/mol. The van der Waals surface area contributed by atoms with Gasteiger partial charge < -0.3 is 14.6 Å². The number of carbonyl (C=O) groups is 1. The highest BCUT2D eigenvalue weighted by Crippen LogP contribution is 2.30. The molecule has 0 unspecified atom stereocenters. The molecule has 1 amide bonds. The molecule has 0 spiro atoms. The summed E-state index contributed by atoms with van der Waals surface area (Å²) in [4.78, 5) is 23.1. The van der Waals surface area contributed by atoms with Gasteiger partial charge >= 0.3 is 0 Å². The van der Waals surface area contributed by atoms with Crippen molar-refractivity contribution < 1.29 is 14.1 Å². The van der Waals surface area contributed by atoms with Crippen molar-refractivity contribution in [1.29, 1.82) is 0 Å². The van der Waals surface area contributed by atoms with Gasteiger partial charge in [-0.05, 0) is 26.3 Å². The minimum absolute atomic E-state index is 0.0177. The summed E-state index contributed by atoms with van der Waals surface area (Å²) in [6.07, 6.45) is 3.54. The normalized spacial score (nSPS) is 19.3. The molecule has 1 aliphatic rings. The number of amides is 1. The van der Waals surface area contributed by atoms with Gasteiger partial charge in [0.15, 0.2) is 5.76 Å². The number of hydrogen-bond donors (Lipinski definition) is 1. The van der Waals surface area contributed by atoms with Crippen LogP contribution in [0.1, 0.15) is 25.1 Å². The summed E-state index contributed by atoms with van der Waals surface area (Å²) in [7, 11) is 0. The minimum atomic E-state index is 0.0177. The molecule has 0 aliphatic carbocycles. The lowest BCUT2D eigenvalue weighted by Crippen LogP contribution is -2.49. The summed E-state index contributed by atoms with van der Waals surface area (Å²) in [5, 5.41) is 6.96. The Hall–Kier alpha value is -3.10. The van der Waals surface area contributed by atoms with E-state index in [1.165, 1.54) is 6.33 Å². The Morgan fingerprint density at radius 3 is 2.61 bits per heavy atom. The van der Waals surface area contributed by atoms with Crippen LogP contribution >= 0.6 is 0 Å². The molecule has 4 rings (SSSR count). The number of carbonyl (C=O) groups excluding carboxylic acids is 1. The van der Waals surface area contributed by atoms with E-state index in [0.29, 0.717) is 18.8 Å². The largest absolute Gasteiger partial charge is 0.373 e. The zero-order valence-electron chi connectivity index (χ0n) is 18.0. The highest BCUT2D eigenvalue weighted by molar-refractivity contribution is 5.78. The van der Waals surface area contributed by atoms with Gasteiger partial charge in [-0.2, -0.15) is 0 Å².